The molecular weight excluding hydrogens is 246 g/mol. The zero-order valence-corrected chi connectivity index (χ0v) is 11.2. The van der Waals surface area contributed by atoms with E-state index in [1.807, 2.05) is 6.92 Å². The zero-order chi connectivity index (χ0) is 13.8. The van der Waals surface area contributed by atoms with Crippen LogP contribution in [0.4, 0.5) is 0 Å². The minimum atomic E-state index is -0.539. The second-order valence-corrected chi connectivity index (χ2v) is 4.79. The molecule has 19 heavy (non-hydrogen) atoms. The monoisotopic (exact) mass is 265 g/mol. The normalized spacial score (nSPS) is 20.9. The maximum Gasteiger partial charge on any atom is 0.255 e. The van der Waals surface area contributed by atoms with Gasteiger partial charge in [0.05, 0.1) is 11.8 Å². The van der Waals surface area contributed by atoms with Crippen LogP contribution in [0.15, 0.2) is 23.0 Å². The molecule has 1 fully saturated rings. The minimum absolute atomic E-state index is 0.0501. The Labute approximate surface area is 112 Å². The average Bonchev–Trinajstić information content (AvgIpc) is 2.92. The topological polar surface area (TPSA) is 74.6 Å². The Kier molecular flexibility index (Phi) is 4.21. The van der Waals surface area contributed by atoms with Gasteiger partial charge in [0.2, 0.25) is 5.91 Å². The first-order valence-electron chi connectivity index (χ1n) is 6.44. The van der Waals surface area contributed by atoms with E-state index in [0.717, 1.165) is 13.1 Å². The molecule has 104 valence electrons. The van der Waals surface area contributed by atoms with Crippen LogP contribution in [0.3, 0.4) is 0 Å². The van der Waals surface area contributed by atoms with E-state index in [1.165, 1.54) is 12.5 Å². The molecule has 0 saturated carbocycles. The molecule has 0 spiro atoms. The van der Waals surface area contributed by atoms with Gasteiger partial charge in [0.25, 0.3) is 5.91 Å². The summed E-state index contributed by atoms with van der Waals surface area (Å²) in [5, 5.41) is 5.92. The SMILES string of the molecule is CC(NC(=O)c1ccoc1)C(=O)N1CCNC[C@H]1C. The second-order valence-electron chi connectivity index (χ2n) is 4.79. The van der Waals surface area contributed by atoms with Crippen LogP contribution in [0.25, 0.3) is 0 Å². The molecule has 1 unspecified atom stereocenters. The molecule has 2 atom stereocenters. The number of nitrogens with one attached hydrogen (secondary N) is 2. The fourth-order valence-corrected chi connectivity index (χ4v) is 2.15. The van der Waals surface area contributed by atoms with Crippen LogP contribution in [0.1, 0.15) is 24.2 Å². The number of rotatable bonds is 3. The third-order valence-electron chi connectivity index (χ3n) is 3.29. The predicted octanol–water partition coefficient (Wildman–Crippen LogP) is 0.218. The first-order chi connectivity index (χ1) is 9.09. The molecule has 2 rings (SSSR count). The van der Waals surface area contributed by atoms with Crippen molar-refractivity contribution in [2.45, 2.75) is 25.9 Å². The van der Waals surface area contributed by atoms with Gasteiger partial charge in [-0.3, -0.25) is 9.59 Å². The minimum Gasteiger partial charge on any atom is -0.472 e. The lowest BCUT2D eigenvalue weighted by molar-refractivity contribution is -0.135. The Hall–Kier alpha value is -1.82. The number of carbonyl (C=O) groups is 2. The van der Waals surface area contributed by atoms with Gasteiger partial charge < -0.3 is 20.0 Å². The number of nitrogens with zero attached hydrogens (tertiary/aromatic N) is 1. The molecule has 1 aliphatic heterocycles. The lowest BCUT2D eigenvalue weighted by Crippen LogP contribution is -2.57. The Morgan fingerprint density at radius 2 is 2.37 bits per heavy atom. The zero-order valence-electron chi connectivity index (χ0n) is 11.2. The number of amides is 2. The standard InChI is InChI=1S/C13H19N3O3/c1-9-7-14-4-5-16(9)13(18)10(2)15-12(17)11-3-6-19-8-11/h3,6,8-10,14H,4-5,7H2,1-2H3,(H,15,17)/t9-,10?/m1/s1. The summed E-state index contributed by atoms with van der Waals surface area (Å²) in [6.45, 7) is 5.95. The van der Waals surface area contributed by atoms with E-state index in [2.05, 4.69) is 10.6 Å². The average molecular weight is 265 g/mol. The van der Waals surface area contributed by atoms with E-state index in [1.54, 1.807) is 17.9 Å². The molecule has 2 N–H and O–H groups in total. The molecule has 6 nitrogen and oxygen atoms in total. The maximum absolute atomic E-state index is 12.3. The molecule has 6 heteroatoms. The highest BCUT2D eigenvalue weighted by molar-refractivity contribution is 5.97. The number of piperazine rings is 1. The highest BCUT2D eigenvalue weighted by Gasteiger charge is 2.27. The maximum atomic E-state index is 12.3. The van der Waals surface area contributed by atoms with Crippen LogP contribution in [0.5, 0.6) is 0 Å². The van der Waals surface area contributed by atoms with E-state index in [4.69, 9.17) is 4.42 Å². The molecule has 0 aliphatic carbocycles. The van der Waals surface area contributed by atoms with Gasteiger partial charge in [-0.1, -0.05) is 0 Å². The van der Waals surface area contributed by atoms with E-state index < -0.39 is 6.04 Å². The van der Waals surface area contributed by atoms with Crippen molar-refractivity contribution in [2.24, 2.45) is 0 Å². The van der Waals surface area contributed by atoms with E-state index >= 15 is 0 Å². The molecule has 0 radical (unpaired) electrons. The first kappa shape index (κ1) is 13.6. The molecule has 2 amide bonds. The van der Waals surface area contributed by atoms with Gasteiger partial charge in [0.1, 0.15) is 12.3 Å². The third kappa shape index (κ3) is 3.14. The number of carbonyl (C=O) groups excluding carboxylic acids is 2. The van der Waals surface area contributed by atoms with Crippen LogP contribution in [0.2, 0.25) is 0 Å². The Morgan fingerprint density at radius 1 is 1.58 bits per heavy atom. The van der Waals surface area contributed by atoms with Gasteiger partial charge >= 0.3 is 0 Å². The van der Waals surface area contributed by atoms with Crippen molar-refractivity contribution in [3.63, 3.8) is 0 Å². The van der Waals surface area contributed by atoms with Gasteiger partial charge in [-0.2, -0.15) is 0 Å². The van der Waals surface area contributed by atoms with Gasteiger partial charge in [0, 0.05) is 25.7 Å². The summed E-state index contributed by atoms with van der Waals surface area (Å²) in [4.78, 5) is 25.9. The second kappa shape index (κ2) is 5.88. The fraction of sp³-hybridized carbons (Fsp3) is 0.538. The van der Waals surface area contributed by atoms with Gasteiger partial charge in [-0.15, -0.1) is 0 Å². The molecule has 1 saturated heterocycles. The van der Waals surface area contributed by atoms with E-state index in [9.17, 15) is 9.59 Å². The molecule has 1 aliphatic rings. The highest BCUT2D eigenvalue weighted by atomic mass is 16.3. The van der Waals surface area contributed by atoms with Crippen molar-refractivity contribution in [3.05, 3.63) is 24.2 Å². The van der Waals surface area contributed by atoms with Crippen LogP contribution in [0, 0.1) is 0 Å². The first-order valence-corrected chi connectivity index (χ1v) is 6.44. The third-order valence-corrected chi connectivity index (χ3v) is 3.29. The smallest absolute Gasteiger partial charge is 0.255 e. The molecule has 2 heterocycles. The molecule has 1 aromatic rings. The molecular formula is C13H19N3O3. The van der Waals surface area contributed by atoms with Gasteiger partial charge in [-0.25, -0.2) is 0 Å². The van der Waals surface area contributed by atoms with Crippen molar-refractivity contribution < 1.29 is 14.0 Å². The molecule has 1 aromatic heterocycles. The van der Waals surface area contributed by atoms with Crippen LogP contribution >= 0.6 is 0 Å². The van der Waals surface area contributed by atoms with E-state index in [-0.39, 0.29) is 17.9 Å². The summed E-state index contributed by atoms with van der Waals surface area (Å²) in [5.74, 6) is -0.344. The summed E-state index contributed by atoms with van der Waals surface area (Å²) in [7, 11) is 0. The summed E-state index contributed by atoms with van der Waals surface area (Å²) in [6, 6.07) is 1.18. The highest BCUT2D eigenvalue weighted by Crippen LogP contribution is 2.06. The fourth-order valence-electron chi connectivity index (χ4n) is 2.15. The lowest BCUT2D eigenvalue weighted by atomic mass is 10.1. The van der Waals surface area contributed by atoms with Crippen molar-refractivity contribution in [1.82, 2.24) is 15.5 Å². The van der Waals surface area contributed by atoms with E-state index in [0.29, 0.717) is 12.1 Å². The largest absolute Gasteiger partial charge is 0.472 e. The Bertz CT molecular complexity index is 444. The van der Waals surface area contributed by atoms with Crippen molar-refractivity contribution in [2.75, 3.05) is 19.6 Å². The van der Waals surface area contributed by atoms with Crippen LogP contribution < -0.4 is 10.6 Å². The number of furan rings is 1. The lowest BCUT2D eigenvalue weighted by Gasteiger charge is -2.35. The van der Waals surface area contributed by atoms with Crippen molar-refractivity contribution in [1.29, 1.82) is 0 Å². The Morgan fingerprint density at radius 3 is 3.00 bits per heavy atom. The number of hydrogen-bond donors (Lipinski definition) is 2. The predicted molar refractivity (Wildman–Crippen MR) is 69.7 cm³/mol. The van der Waals surface area contributed by atoms with Gasteiger partial charge in [-0.05, 0) is 19.9 Å². The van der Waals surface area contributed by atoms with Crippen LogP contribution in [-0.4, -0.2) is 48.4 Å². The van der Waals surface area contributed by atoms with Gasteiger partial charge in [0.15, 0.2) is 0 Å². The van der Waals surface area contributed by atoms with Crippen molar-refractivity contribution >= 4 is 11.8 Å². The Balaban J connectivity index is 1.93. The van der Waals surface area contributed by atoms with Crippen molar-refractivity contribution in [3.8, 4) is 0 Å². The van der Waals surface area contributed by atoms with Crippen LogP contribution in [-0.2, 0) is 4.79 Å². The summed E-state index contributed by atoms with van der Waals surface area (Å²) in [6.07, 6.45) is 2.79. The summed E-state index contributed by atoms with van der Waals surface area (Å²) >= 11 is 0. The summed E-state index contributed by atoms with van der Waals surface area (Å²) < 4.78 is 4.85. The quantitative estimate of drug-likeness (QED) is 0.820. The number of hydrogen-bond acceptors (Lipinski definition) is 4. The summed E-state index contributed by atoms with van der Waals surface area (Å²) in [5.41, 5.74) is 0.424. The molecule has 0 bridgehead atoms. The molecule has 0 aromatic carbocycles.